The van der Waals surface area contributed by atoms with Crippen molar-refractivity contribution in [2.45, 2.75) is 92.7 Å². The first-order chi connectivity index (χ1) is 18.1. The van der Waals surface area contributed by atoms with Crippen molar-refractivity contribution in [3.8, 4) is 11.4 Å². The number of rotatable bonds is 6. The first-order valence-electron chi connectivity index (χ1n) is 13.5. The van der Waals surface area contributed by atoms with E-state index in [9.17, 15) is 4.79 Å². The van der Waals surface area contributed by atoms with Crippen LogP contribution < -0.4 is 5.32 Å². The highest BCUT2D eigenvalue weighted by atomic mass is 16.2. The van der Waals surface area contributed by atoms with Crippen molar-refractivity contribution in [2.75, 3.05) is 5.32 Å². The van der Waals surface area contributed by atoms with Crippen LogP contribution in [0.1, 0.15) is 87.9 Å². The Balaban J connectivity index is 1.46. The standard InChI is InChI=1S/C28H37N9O/c1-8-36-26(18-13-29-17(4)30-14-18)34-24-25(31-15-32-27(24)36)33-19-9-10-21-20(11-19)23(16(2)3)35-37(21)22(38)12-28(5,6)7/h13-16,19H,8-12H2,1-7H3,(H,31,32,33)/t19-/m1/s1. The molecule has 1 N–H and O–H groups in total. The van der Waals surface area contributed by atoms with E-state index in [0.717, 1.165) is 59.0 Å². The summed E-state index contributed by atoms with van der Waals surface area (Å²) in [6.07, 6.45) is 8.09. The minimum Gasteiger partial charge on any atom is -0.365 e. The molecule has 0 unspecified atom stereocenters. The van der Waals surface area contributed by atoms with Crippen molar-refractivity contribution in [1.29, 1.82) is 0 Å². The van der Waals surface area contributed by atoms with Gasteiger partial charge in [-0.25, -0.2) is 29.6 Å². The van der Waals surface area contributed by atoms with E-state index in [0.29, 0.717) is 18.8 Å². The molecule has 0 fully saturated rings. The lowest BCUT2D eigenvalue weighted by molar-refractivity contribution is 0.0835. The van der Waals surface area contributed by atoms with Crippen molar-refractivity contribution >= 4 is 22.9 Å². The van der Waals surface area contributed by atoms with Crippen molar-refractivity contribution in [3.63, 3.8) is 0 Å². The largest absolute Gasteiger partial charge is 0.365 e. The molecule has 5 rings (SSSR count). The van der Waals surface area contributed by atoms with Crippen LogP contribution in [0.25, 0.3) is 22.6 Å². The van der Waals surface area contributed by atoms with Crippen LogP contribution in [-0.4, -0.2) is 51.2 Å². The third-order valence-corrected chi connectivity index (χ3v) is 6.99. The quantitative estimate of drug-likeness (QED) is 0.382. The molecular weight excluding hydrogens is 478 g/mol. The van der Waals surface area contributed by atoms with Crippen LogP contribution in [0.5, 0.6) is 0 Å². The first-order valence-corrected chi connectivity index (χ1v) is 13.5. The zero-order valence-corrected chi connectivity index (χ0v) is 23.4. The maximum Gasteiger partial charge on any atom is 0.247 e. The lowest BCUT2D eigenvalue weighted by Crippen LogP contribution is -2.30. The Morgan fingerprint density at radius 3 is 2.55 bits per heavy atom. The Labute approximate surface area is 223 Å². The van der Waals surface area contributed by atoms with Crippen LogP contribution in [0, 0.1) is 12.3 Å². The second-order valence-electron chi connectivity index (χ2n) is 11.7. The van der Waals surface area contributed by atoms with Crippen molar-refractivity contribution < 1.29 is 4.79 Å². The van der Waals surface area contributed by atoms with Crippen LogP contribution in [0.15, 0.2) is 18.7 Å². The zero-order valence-electron chi connectivity index (χ0n) is 23.4. The lowest BCUT2D eigenvalue weighted by atomic mass is 9.88. The number of imidazole rings is 1. The van der Waals surface area contributed by atoms with Gasteiger partial charge in [0.25, 0.3) is 0 Å². The van der Waals surface area contributed by atoms with Crippen LogP contribution >= 0.6 is 0 Å². The molecule has 10 nitrogen and oxygen atoms in total. The van der Waals surface area contributed by atoms with Crippen molar-refractivity contribution in [2.24, 2.45) is 5.41 Å². The molecule has 10 heteroatoms. The van der Waals surface area contributed by atoms with Crippen molar-refractivity contribution in [3.05, 3.63) is 41.5 Å². The zero-order chi connectivity index (χ0) is 27.2. The summed E-state index contributed by atoms with van der Waals surface area (Å²) in [7, 11) is 0. The fourth-order valence-corrected chi connectivity index (χ4v) is 5.23. The van der Waals surface area contributed by atoms with Crippen LogP contribution in [-0.2, 0) is 19.4 Å². The summed E-state index contributed by atoms with van der Waals surface area (Å²) < 4.78 is 3.75. The summed E-state index contributed by atoms with van der Waals surface area (Å²) in [6, 6.07) is 0.145. The smallest absolute Gasteiger partial charge is 0.247 e. The number of carbonyl (C=O) groups excluding carboxylic acids is 1. The molecule has 0 bridgehead atoms. The maximum atomic E-state index is 13.1. The highest BCUT2D eigenvalue weighted by Gasteiger charge is 2.31. The molecule has 0 amide bonds. The van der Waals surface area contributed by atoms with E-state index in [1.165, 1.54) is 5.56 Å². The SMILES string of the molecule is CCn1c(-c2cnc(C)nc2)nc2c(N[C@@H]3CCc4c(c(C(C)C)nn4C(=O)CC(C)(C)C)C3)ncnc21. The number of hydrogen-bond donors (Lipinski definition) is 1. The molecule has 0 saturated heterocycles. The van der Waals surface area contributed by atoms with Gasteiger partial charge in [0.1, 0.15) is 18.0 Å². The van der Waals surface area contributed by atoms with Gasteiger partial charge in [-0.1, -0.05) is 34.6 Å². The predicted molar refractivity (Wildman–Crippen MR) is 147 cm³/mol. The number of anilines is 1. The van der Waals surface area contributed by atoms with Gasteiger partial charge in [-0.2, -0.15) is 5.10 Å². The summed E-state index contributed by atoms with van der Waals surface area (Å²) in [5.41, 5.74) is 5.53. The number of nitrogens with zero attached hydrogens (tertiary/aromatic N) is 8. The average molecular weight is 516 g/mol. The molecular formula is C28H37N9O. The van der Waals surface area contributed by atoms with Gasteiger partial charge in [0.2, 0.25) is 5.91 Å². The molecule has 0 saturated carbocycles. The summed E-state index contributed by atoms with van der Waals surface area (Å²) in [5, 5.41) is 8.47. The van der Waals surface area contributed by atoms with Gasteiger partial charge in [-0.3, -0.25) is 4.79 Å². The molecule has 0 aliphatic heterocycles. The van der Waals surface area contributed by atoms with E-state index < -0.39 is 0 Å². The molecule has 4 aromatic rings. The highest BCUT2D eigenvalue weighted by molar-refractivity contribution is 5.86. The van der Waals surface area contributed by atoms with Gasteiger partial charge in [-0.15, -0.1) is 0 Å². The molecule has 4 aromatic heterocycles. The fourth-order valence-electron chi connectivity index (χ4n) is 5.23. The number of fused-ring (bicyclic) bond motifs is 2. The van der Waals surface area contributed by atoms with Crippen molar-refractivity contribution in [1.82, 2.24) is 39.3 Å². The average Bonchev–Trinajstić information content (AvgIpc) is 3.43. The molecule has 0 spiro atoms. The molecule has 200 valence electrons. The van der Waals surface area contributed by atoms with E-state index in [2.05, 4.69) is 71.4 Å². The normalized spacial score (nSPS) is 15.7. The van der Waals surface area contributed by atoms with E-state index in [4.69, 9.17) is 10.1 Å². The Kier molecular flexibility index (Phi) is 6.75. The maximum absolute atomic E-state index is 13.1. The molecule has 0 radical (unpaired) electrons. The van der Waals surface area contributed by atoms with Gasteiger partial charge in [-0.05, 0) is 50.0 Å². The number of hydrogen-bond acceptors (Lipinski definition) is 8. The van der Waals surface area contributed by atoms with Gasteiger partial charge < -0.3 is 9.88 Å². The van der Waals surface area contributed by atoms with E-state index in [1.54, 1.807) is 23.4 Å². The third-order valence-electron chi connectivity index (χ3n) is 6.99. The number of aryl methyl sites for hydroxylation is 2. The van der Waals surface area contributed by atoms with Crippen LogP contribution in [0.4, 0.5) is 5.82 Å². The van der Waals surface area contributed by atoms with E-state index >= 15 is 0 Å². The number of carbonyl (C=O) groups is 1. The topological polar surface area (TPSA) is 116 Å². The van der Waals surface area contributed by atoms with Gasteiger partial charge in [0, 0.05) is 31.4 Å². The molecule has 1 aliphatic rings. The molecule has 0 aromatic carbocycles. The molecule has 1 atom stereocenters. The number of nitrogens with one attached hydrogen (secondary N) is 1. The minimum absolute atomic E-state index is 0.0716. The summed E-state index contributed by atoms with van der Waals surface area (Å²) >= 11 is 0. The Morgan fingerprint density at radius 2 is 1.89 bits per heavy atom. The van der Waals surface area contributed by atoms with Gasteiger partial charge >= 0.3 is 0 Å². The second-order valence-corrected chi connectivity index (χ2v) is 11.7. The fraction of sp³-hybridized carbons (Fsp3) is 0.536. The Morgan fingerprint density at radius 1 is 1.16 bits per heavy atom. The van der Waals surface area contributed by atoms with Gasteiger partial charge in [0.05, 0.1) is 17.0 Å². The summed E-state index contributed by atoms with van der Waals surface area (Å²) in [5.74, 6) is 2.51. The lowest BCUT2D eigenvalue weighted by Gasteiger charge is -2.25. The molecule has 1 aliphatic carbocycles. The second kappa shape index (κ2) is 9.89. The summed E-state index contributed by atoms with van der Waals surface area (Å²) in [6.45, 7) is 15.2. The van der Waals surface area contributed by atoms with Gasteiger partial charge in [0.15, 0.2) is 17.0 Å². The van der Waals surface area contributed by atoms with Crippen LogP contribution in [0.3, 0.4) is 0 Å². The van der Waals surface area contributed by atoms with Crippen LogP contribution in [0.2, 0.25) is 0 Å². The monoisotopic (exact) mass is 515 g/mol. The third kappa shape index (κ3) is 4.91. The Bertz CT molecular complexity index is 1470. The van der Waals surface area contributed by atoms with E-state index in [-0.39, 0.29) is 23.3 Å². The number of aromatic nitrogens is 8. The highest BCUT2D eigenvalue weighted by Crippen LogP contribution is 2.33. The molecule has 38 heavy (non-hydrogen) atoms. The molecule has 4 heterocycles. The first kappa shape index (κ1) is 25.9. The minimum atomic E-state index is -0.0868. The Hall–Kier alpha value is -3.69. The predicted octanol–water partition coefficient (Wildman–Crippen LogP) is 4.98. The summed E-state index contributed by atoms with van der Waals surface area (Å²) in [4.78, 5) is 35.9. The van der Waals surface area contributed by atoms with E-state index in [1.807, 2.05) is 6.92 Å².